The van der Waals surface area contributed by atoms with Crippen molar-refractivity contribution in [3.63, 3.8) is 0 Å². The van der Waals surface area contributed by atoms with Gasteiger partial charge in [0.15, 0.2) is 21.1 Å². The van der Waals surface area contributed by atoms with Gasteiger partial charge in [0, 0.05) is 75.7 Å². The number of allylic oxidation sites excluding steroid dienone is 5. The highest BCUT2D eigenvalue weighted by Gasteiger charge is 2.31. The highest BCUT2D eigenvalue weighted by atomic mass is 32.1. The molecule has 3 heterocycles. The molecule has 3 amide bonds. The van der Waals surface area contributed by atoms with Crippen molar-refractivity contribution < 1.29 is 41.2 Å². The van der Waals surface area contributed by atoms with Gasteiger partial charge in [-0.2, -0.15) is 13.2 Å². The Morgan fingerprint density at radius 1 is 0.769 bits per heavy atom. The van der Waals surface area contributed by atoms with E-state index in [0.717, 1.165) is 53.5 Å². The lowest BCUT2D eigenvalue weighted by Gasteiger charge is -2.17. The molecular weight excluding hydrogens is 1220 g/mol. The fraction of sp³-hybridized carbons (Fsp3) is 0.243. The number of nitrogens with zero attached hydrogens (tertiary/aromatic N) is 2. The zero-order chi connectivity index (χ0) is 67.5. The number of hydrogen-bond acceptors (Lipinski definition) is 12. The Kier molecular flexibility index (Phi) is 33.1. The van der Waals surface area contributed by atoms with E-state index in [4.69, 9.17) is 55.7 Å². The van der Waals surface area contributed by atoms with Crippen LogP contribution < -0.4 is 36.6 Å². The number of rotatable bonds is 16. The van der Waals surface area contributed by atoms with Gasteiger partial charge in [-0.25, -0.2) is 0 Å². The first kappa shape index (κ1) is 75.4. The number of pyridine rings is 1. The summed E-state index contributed by atoms with van der Waals surface area (Å²) in [5.74, 6) is 10.7. The molecule has 0 aliphatic rings. The van der Waals surface area contributed by atoms with Gasteiger partial charge in [0.1, 0.15) is 35.5 Å². The maximum absolute atomic E-state index is 13.4. The quantitative estimate of drug-likeness (QED) is 0.0120. The number of halogens is 3. The van der Waals surface area contributed by atoms with Crippen molar-refractivity contribution in [2.75, 3.05) is 10.6 Å². The zero-order valence-corrected chi connectivity index (χ0v) is 55.2. The lowest BCUT2D eigenvalue weighted by atomic mass is 9.90. The Bertz CT molecular complexity index is 3820. The van der Waals surface area contributed by atoms with Crippen molar-refractivity contribution in [3.05, 3.63) is 220 Å². The predicted octanol–water partition coefficient (Wildman–Crippen LogP) is 16.5. The van der Waals surface area contributed by atoms with Gasteiger partial charge in [-0.15, -0.1) is 0 Å². The van der Waals surface area contributed by atoms with Gasteiger partial charge in [-0.1, -0.05) is 140 Å². The van der Waals surface area contributed by atoms with Crippen molar-refractivity contribution in [1.82, 2.24) is 31.4 Å². The summed E-state index contributed by atoms with van der Waals surface area (Å²) in [5, 5.41) is 30.0. The molecule has 476 valence electrons. The van der Waals surface area contributed by atoms with Crippen LogP contribution in [0.15, 0.2) is 190 Å². The first-order valence-corrected chi connectivity index (χ1v) is 30.4. The van der Waals surface area contributed by atoms with Gasteiger partial charge < -0.3 is 35.0 Å². The van der Waals surface area contributed by atoms with Crippen molar-refractivity contribution in [2.45, 2.75) is 114 Å². The topological polar surface area (TPSA) is 209 Å². The first-order chi connectivity index (χ1) is 43.7. The van der Waals surface area contributed by atoms with Crippen LogP contribution in [0.25, 0.3) is 11.0 Å². The number of anilines is 2. The molecule has 1 unspecified atom stereocenters. The van der Waals surface area contributed by atoms with Crippen LogP contribution in [0.1, 0.15) is 150 Å². The number of aromatic nitrogens is 2. The average Bonchev–Trinajstić information content (AvgIpc) is 1.86. The minimum atomic E-state index is -4.41. The number of fused-ring (bicyclic) bond motifs is 1. The number of unbranched alkanes of at least 4 members (excludes halogenated alkanes) is 2. The van der Waals surface area contributed by atoms with Gasteiger partial charge in [-0.3, -0.25) is 35.3 Å². The van der Waals surface area contributed by atoms with Crippen molar-refractivity contribution in [1.29, 1.82) is 5.41 Å². The van der Waals surface area contributed by atoms with Crippen LogP contribution in [0.4, 0.5) is 24.5 Å². The Hall–Kier alpha value is -9.80. The van der Waals surface area contributed by atoms with E-state index in [1.54, 1.807) is 93.0 Å². The monoisotopic (exact) mass is 1290 g/mol. The van der Waals surface area contributed by atoms with Gasteiger partial charge in [-0.05, 0) is 160 Å². The number of amides is 3. The number of para-hydroxylation sites is 1. The number of benzene rings is 4. The van der Waals surface area contributed by atoms with E-state index in [1.807, 2.05) is 97.0 Å². The Balaban J connectivity index is 0.000000474. The molecule has 0 radical (unpaired) electrons. The van der Waals surface area contributed by atoms with Crippen molar-refractivity contribution in [2.24, 2.45) is 0 Å². The largest absolute Gasteiger partial charge is 0.489 e. The second kappa shape index (κ2) is 40.0. The van der Waals surface area contributed by atoms with Gasteiger partial charge >= 0.3 is 6.18 Å². The van der Waals surface area contributed by atoms with E-state index < -0.39 is 35.4 Å². The van der Waals surface area contributed by atoms with Crippen LogP contribution in [-0.2, 0) is 17.6 Å². The molecule has 0 bridgehead atoms. The summed E-state index contributed by atoms with van der Waals surface area (Å²) >= 11 is 16.0. The number of hydrogen-bond donors (Lipinski definition) is 7. The third kappa shape index (κ3) is 25.7. The molecule has 1 atom stereocenters. The number of furan rings is 1. The first-order valence-electron chi connectivity index (χ1n) is 29.2. The second-order valence-electron chi connectivity index (χ2n) is 18.6. The van der Waals surface area contributed by atoms with Crippen LogP contribution in [0, 0.1) is 29.1 Å². The molecule has 7 N–H and O–H groups in total. The summed E-state index contributed by atoms with van der Waals surface area (Å²) in [6, 6.07) is 31.5. The van der Waals surface area contributed by atoms with Crippen LogP contribution in [0.2, 0.25) is 0 Å². The molecule has 15 nitrogen and oxygen atoms in total. The lowest BCUT2D eigenvalue weighted by molar-refractivity contribution is -0.137. The number of thiocarbonyl (C=S) groups is 3. The van der Waals surface area contributed by atoms with Crippen LogP contribution in [0.3, 0.4) is 0 Å². The van der Waals surface area contributed by atoms with Gasteiger partial charge in [0.25, 0.3) is 17.7 Å². The summed E-state index contributed by atoms with van der Waals surface area (Å²) in [6.07, 6.45) is 8.16. The molecule has 0 saturated carbocycles. The van der Waals surface area contributed by atoms with E-state index in [9.17, 15) is 27.6 Å². The summed E-state index contributed by atoms with van der Waals surface area (Å²) in [4.78, 5) is 43.2. The summed E-state index contributed by atoms with van der Waals surface area (Å²) in [5.41, 5.74) is 5.31. The summed E-state index contributed by atoms with van der Waals surface area (Å²) in [6.45, 7) is 24.6. The fourth-order valence-electron chi connectivity index (χ4n) is 7.74. The maximum Gasteiger partial charge on any atom is 0.416 e. The third-order valence-electron chi connectivity index (χ3n) is 12.0. The van der Waals surface area contributed by atoms with E-state index in [0.29, 0.717) is 39.5 Å². The van der Waals surface area contributed by atoms with Crippen LogP contribution >= 0.6 is 36.7 Å². The lowest BCUT2D eigenvalue weighted by Crippen LogP contribution is -2.39. The second-order valence-corrected chi connectivity index (χ2v) is 19.8. The number of alkyl halides is 3. The Morgan fingerprint density at radius 3 is 2.11 bits per heavy atom. The van der Waals surface area contributed by atoms with E-state index in [1.165, 1.54) is 19.3 Å². The summed E-state index contributed by atoms with van der Waals surface area (Å²) in [7, 11) is 0. The number of ether oxygens (including phenoxy) is 1. The van der Waals surface area contributed by atoms with Gasteiger partial charge in [0.05, 0.1) is 11.1 Å². The number of carbonyl (C=O) groups is 3. The van der Waals surface area contributed by atoms with Crippen molar-refractivity contribution >= 4 is 97.8 Å². The Morgan fingerprint density at radius 2 is 1.45 bits per heavy atom. The molecule has 0 fully saturated rings. The molecule has 0 aliphatic carbocycles. The molecule has 0 spiro atoms. The molecule has 91 heavy (non-hydrogen) atoms. The normalized spacial score (nSPS) is 11.1. The molecule has 0 aliphatic heterocycles. The van der Waals surface area contributed by atoms with Crippen LogP contribution in [0.5, 0.6) is 5.75 Å². The van der Waals surface area contributed by atoms with Crippen LogP contribution in [-0.4, -0.2) is 48.9 Å². The highest BCUT2D eigenvalue weighted by Crippen LogP contribution is 2.31. The Labute approximate surface area is 547 Å². The van der Waals surface area contributed by atoms with E-state index in [-0.39, 0.29) is 50.2 Å². The molecule has 7 aromatic rings. The molecule has 3 aromatic heterocycles. The maximum atomic E-state index is 13.4. The molecule has 7 rings (SSSR count). The van der Waals surface area contributed by atoms with E-state index in [2.05, 4.69) is 79.2 Å². The van der Waals surface area contributed by atoms with Gasteiger partial charge in [0.2, 0.25) is 0 Å². The molecule has 4 aromatic carbocycles. The van der Waals surface area contributed by atoms with Crippen molar-refractivity contribution in [3.8, 4) is 29.4 Å². The standard InChI is InChI=1S/C40H41N7O3S2.C24H17F3N2O3S.3C2H6/c1-7-9-10-11-14-30-18-20-32(21-19-30)43-39(51)46-38(49)35(29(6)41)27(4)28(5)36-34(25-50-47-36)37(48)45-40(52)44-33(13-8-2)23-26(3)16-17-31-15-12-22-42-24-31;25-24(26,27)17-7-3-5-15(11-17)14-31-19-9-4-8-18(13-19)28-23(33)29-22(30)21-12-16-6-1-2-10-20(16)32-21;3*1-2/h8,12-13,15,18-25,28,41H,2,7,9-10H2,1,3-6H3,(H2,43,46,49,51)(H2,44,45,48,52);1-13H,14H2,(H2,28,29,30,33);3*1-2H3/b26-23+,33-13+,35-27+,41-29?;;;;. The molecule has 21 heteroatoms. The van der Waals surface area contributed by atoms with E-state index >= 15 is 0 Å². The molecular formula is C70H76F3N9O6S3. The molecule has 0 saturated heterocycles. The fourth-order valence-corrected chi connectivity index (χ4v) is 8.37. The minimum Gasteiger partial charge on any atom is -0.489 e. The minimum absolute atomic E-state index is 0.00512. The number of nitrogens with one attached hydrogen (secondary N) is 7. The predicted molar refractivity (Wildman–Crippen MR) is 371 cm³/mol. The smallest absolute Gasteiger partial charge is 0.416 e. The summed E-state index contributed by atoms with van der Waals surface area (Å²) < 4.78 is 54.9. The average molecular weight is 1290 g/mol. The SMILES string of the molecule is C=C/C=C(\C=C(/C)C#Cc1cccnc1)NC(=S)NC(=O)c1conc1C(C)/C(C)=C(\C(C)=N)C(=O)NC(=S)Nc1ccc(C#CCCCC)cc1.CC.CC.CC.O=C(NC(=S)Nc1cccc(OCc2cccc(C(F)(F)F)c2)c1)c1cc2ccccc2o1. The third-order valence-corrected chi connectivity index (χ3v) is 12.6. The zero-order valence-electron chi connectivity index (χ0n) is 52.7. The number of carbonyl (C=O) groups excluding carboxylic acids is 3. The highest BCUT2D eigenvalue weighted by molar-refractivity contribution is 7.80.